The number of hydrogen-bond acceptors (Lipinski definition) is 8. The minimum Gasteiger partial charge on any atom is -0.389 e. The van der Waals surface area contributed by atoms with Gasteiger partial charge in [-0.25, -0.2) is 8.42 Å². The van der Waals surface area contributed by atoms with Gasteiger partial charge in [0.15, 0.2) is 9.84 Å². The van der Waals surface area contributed by atoms with Gasteiger partial charge in [0.2, 0.25) is 0 Å². The molecule has 8 nitrogen and oxygen atoms in total. The Balaban J connectivity index is 1.24. The van der Waals surface area contributed by atoms with Gasteiger partial charge in [0.05, 0.1) is 27.5 Å². The molecule has 36 heavy (non-hydrogen) atoms. The highest BCUT2D eigenvalue weighted by Gasteiger charge is 2.35. The zero-order valence-corrected chi connectivity index (χ0v) is 21.4. The third-order valence-electron chi connectivity index (χ3n) is 6.70. The third-order valence-corrected chi connectivity index (χ3v) is 9.19. The van der Waals surface area contributed by atoms with E-state index in [4.69, 9.17) is 0 Å². The number of carbonyl (C=O) groups is 1. The van der Waals surface area contributed by atoms with E-state index < -0.39 is 15.4 Å². The number of para-hydroxylation sites is 1. The topological polar surface area (TPSA) is 113 Å². The van der Waals surface area contributed by atoms with Crippen LogP contribution in [0, 0.1) is 6.92 Å². The summed E-state index contributed by atoms with van der Waals surface area (Å²) in [7, 11) is -3.66. The van der Waals surface area contributed by atoms with E-state index in [1.54, 1.807) is 41.3 Å². The number of carbonyl (C=O) groups excluding carboxylic acids is 1. The fourth-order valence-electron chi connectivity index (χ4n) is 4.58. The van der Waals surface area contributed by atoms with Crippen LogP contribution in [-0.2, 0) is 22.0 Å². The van der Waals surface area contributed by atoms with Gasteiger partial charge < -0.3 is 10.0 Å². The van der Waals surface area contributed by atoms with E-state index in [1.807, 2.05) is 12.3 Å². The van der Waals surface area contributed by atoms with Gasteiger partial charge in [-0.3, -0.25) is 14.8 Å². The molecular formula is C26H26N4O4S2. The quantitative estimate of drug-likeness (QED) is 0.412. The number of aromatic nitrogens is 3. The molecule has 1 N–H and O–H groups in total. The van der Waals surface area contributed by atoms with Crippen molar-refractivity contribution in [3.05, 3.63) is 82.6 Å². The molecule has 1 saturated heterocycles. The molecule has 10 heteroatoms. The lowest BCUT2D eigenvalue weighted by atomic mass is 9.85. The number of fused-ring (bicyclic) bond motifs is 1. The highest BCUT2D eigenvalue weighted by molar-refractivity contribution is 7.90. The van der Waals surface area contributed by atoms with Crippen molar-refractivity contribution in [3.8, 4) is 0 Å². The number of rotatable bonds is 6. The monoisotopic (exact) mass is 522 g/mol. The van der Waals surface area contributed by atoms with Crippen LogP contribution in [0.15, 0.2) is 65.1 Å². The van der Waals surface area contributed by atoms with Crippen LogP contribution in [0.4, 0.5) is 0 Å². The van der Waals surface area contributed by atoms with Gasteiger partial charge in [-0.2, -0.15) is 4.37 Å². The second-order valence-electron chi connectivity index (χ2n) is 9.25. The lowest BCUT2D eigenvalue weighted by Crippen LogP contribution is -2.47. The highest BCUT2D eigenvalue weighted by atomic mass is 32.2. The van der Waals surface area contributed by atoms with Crippen LogP contribution >= 0.6 is 11.5 Å². The zero-order valence-electron chi connectivity index (χ0n) is 19.8. The Labute approximate surface area is 213 Å². The van der Waals surface area contributed by atoms with Gasteiger partial charge in [-0.15, -0.1) is 0 Å². The summed E-state index contributed by atoms with van der Waals surface area (Å²) < 4.78 is 30.5. The van der Waals surface area contributed by atoms with E-state index in [1.165, 1.54) is 30.0 Å². The Bertz CT molecular complexity index is 1500. The maximum absolute atomic E-state index is 13.1. The Morgan fingerprint density at radius 2 is 1.81 bits per heavy atom. The van der Waals surface area contributed by atoms with Crippen molar-refractivity contribution in [2.24, 2.45) is 0 Å². The minimum atomic E-state index is -3.66. The van der Waals surface area contributed by atoms with Gasteiger partial charge in [0.25, 0.3) is 5.91 Å². The molecule has 4 aromatic rings. The summed E-state index contributed by atoms with van der Waals surface area (Å²) in [5.41, 5.74) is 3.12. The smallest absolute Gasteiger partial charge is 0.253 e. The van der Waals surface area contributed by atoms with Crippen LogP contribution in [0.5, 0.6) is 0 Å². The van der Waals surface area contributed by atoms with Gasteiger partial charge >= 0.3 is 0 Å². The van der Waals surface area contributed by atoms with Crippen LogP contribution in [-0.4, -0.2) is 57.4 Å². The Kier molecular flexibility index (Phi) is 6.59. The molecule has 1 fully saturated rings. The van der Waals surface area contributed by atoms with Crippen molar-refractivity contribution in [3.63, 3.8) is 0 Å². The largest absolute Gasteiger partial charge is 0.389 e. The first-order valence-corrected chi connectivity index (χ1v) is 14.2. The van der Waals surface area contributed by atoms with E-state index in [0.29, 0.717) is 54.5 Å². The molecule has 186 valence electrons. The lowest BCUT2D eigenvalue weighted by molar-refractivity contribution is -0.0163. The highest BCUT2D eigenvalue weighted by Crippen LogP contribution is 2.29. The normalized spacial score (nSPS) is 15.8. The van der Waals surface area contributed by atoms with E-state index >= 15 is 0 Å². The van der Waals surface area contributed by atoms with Crippen LogP contribution in [0.3, 0.4) is 0 Å². The van der Waals surface area contributed by atoms with Crippen molar-refractivity contribution in [2.75, 3.05) is 13.1 Å². The summed E-state index contributed by atoms with van der Waals surface area (Å²) in [5.74, 6) is -0.325. The van der Waals surface area contributed by atoms with Gasteiger partial charge in [-0.05, 0) is 66.7 Å². The summed E-state index contributed by atoms with van der Waals surface area (Å²) >= 11 is 1.39. The number of hydrogen-bond donors (Lipinski definition) is 1. The van der Waals surface area contributed by atoms with Crippen molar-refractivity contribution in [1.29, 1.82) is 0 Å². The molecule has 0 bridgehead atoms. The summed E-state index contributed by atoms with van der Waals surface area (Å²) in [6.07, 6.45) is 4.54. The molecule has 3 heterocycles. The molecule has 1 aliphatic rings. The standard InChI is InChI=1S/C26H26N4O4S2/c1-18-21(16-35-29-18)15-26(32)9-13-30(14-10-26)25(31)20-7-5-19(6-8-20)17-36(33,34)23-4-2-3-22-24(23)28-12-11-27-22/h2-8,11-12,16,32H,9-10,13-15,17H2,1H3. The molecule has 0 radical (unpaired) electrons. The molecule has 0 spiro atoms. The molecule has 1 amide bonds. The van der Waals surface area contributed by atoms with E-state index in [0.717, 1.165) is 11.3 Å². The van der Waals surface area contributed by atoms with Crippen LogP contribution in [0.1, 0.15) is 40.0 Å². The first kappa shape index (κ1) is 24.5. The van der Waals surface area contributed by atoms with Crippen molar-refractivity contribution >= 4 is 38.3 Å². The molecule has 0 atom stereocenters. The molecule has 0 saturated carbocycles. The second kappa shape index (κ2) is 9.68. The number of aryl methyl sites for hydroxylation is 1. The van der Waals surface area contributed by atoms with E-state index in [2.05, 4.69) is 14.3 Å². The van der Waals surface area contributed by atoms with Crippen molar-refractivity contribution in [1.82, 2.24) is 19.2 Å². The summed E-state index contributed by atoms with van der Waals surface area (Å²) in [6.45, 7) is 2.87. The fourth-order valence-corrected chi connectivity index (χ4v) is 6.81. The Morgan fingerprint density at radius 1 is 1.08 bits per heavy atom. The zero-order chi connectivity index (χ0) is 25.3. The molecule has 0 unspecified atom stereocenters. The Hall–Kier alpha value is -3.21. The van der Waals surface area contributed by atoms with Crippen LogP contribution in [0.2, 0.25) is 0 Å². The predicted octanol–water partition coefficient (Wildman–Crippen LogP) is 3.58. The molecule has 5 rings (SSSR count). The molecule has 2 aromatic carbocycles. The van der Waals surface area contributed by atoms with Crippen molar-refractivity contribution < 1.29 is 18.3 Å². The average Bonchev–Trinajstić information content (AvgIpc) is 3.27. The summed E-state index contributed by atoms with van der Waals surface area (Å²) in [6, 6.07) is 11.6. The second-order valence-corrected chi connectivity index (χ2v) is 11.8. The molecule has 2 aromatic heterocycles. The number of aliphatic hydroxyl groups is 1. The van der Waals surface area contributed by atoms with Crippen molar-refractivity contribution in [2.45, 2.75) is 42.4 Å². The minimum absolute atomic E-state index is 0.121. The van der Waals surface area contributed by atoms with E-state index in [-0.39, 0.29) is 16.6 Å². The summed E-state index contributed by atoms with van der Waals surface area (Å²) in [5, 5.41) is 13.0. The predicted molar refractivity (Wildman–Crippen MR) is 138 cm³/mol. The number of amides is 1. The van der Waals surface area contributed by atoms with Crippen LogP contribution in [0.25, 0.3) is 11.0 Å². The molecule has 1 aliphatic heterocycles. The first-order chi connectivity index (χ1) is 17.2. The number of sulfone groups is 1. The first-order valence-electron chi connectivity index (χ1n) is 11.7. The number of piperidine rings is 1. The van der Waals surface area contributed by atoms with Crippen LogP contribution < -0.4 is 0 Å². The van der Waals surface area contributed by atoms with E-state index in [9.17, 15) is 18.3 Å². The van der Waals surface area contributed by atoms with Gasteiger partial charge in [0, 0.05) is 42.8 Å². The number of likely N-dealkylation sites (tertiary alicyclic amines) is 1. The van der Waals surface area contributed by atoms with Gasteiger partial charge in [0.1, 0.15) is 5.52 Å². The Morgan fingerprint density at radius 3 is 2.50 bits per heavy atom. The SMILES string of the molecule is Cc1nscc1CC1(O)CCN(C(=O)c2ccc(CS(=O)(=O)c3cccc4nccnc34)cc2)CC1. The molecule has 0 aliphatic carbocycles. The fraction of sp³-hybridized carbons (Fsp3) is 0.308. The third kappa shape index (κ3) is 5.02. The lowest BCUT2D eigenvalue weighted by Gasteiger charge is -2.38. The maximum Gasteiger partial charge on any atom is 0.253 e. The number of nitrogens with zero attached hydrogens (tertiary/aromatic N) is 4. The summed E-state index contributed by atoms with van der Waals surface area (Å²) in [4.78, 5) is 23.3. The molecular weight excluding hydrogens is 496 g/mol. The maximum atomic E-state index is 13.1. The van der Waals surface area contributed by atoms with Gasteiger partial charge in [-0.1, -0.05) is 18.2 Å². The average molecular weight is 523 g/mol. The number of benzene rings is 2.